The molecule has 0 radical (unpaired) electrons. The summed E-state index contributed by atoms with van der Waals surface area (Å²) in [7, 11) is 0. The molecule has 2 aromatic carbocycles. The van der Waals surface area contributed by atoms with Crippen LogP contribution in [0.4, 0.5) is 5.95 Å². The molecule has 0 saturated carbocycles. The van der Waals surface area contributed by atoms with E-state index in [4.69, 9.17) is 11.6 Å². The van der Waals surface area contributed by atoms with Gasteiger partial charge in [0.1, 0.15) is 0 Å². The van der Waals surface area contributed by atoms with Crippen LogP contribution in [-0.4, -0.2) is 25.5 Å². The van der Waals surface area contributed by atoms with Crippen molar-refractivity contribution in [3.63, 3.8) is 0 Å². The van der Waals surface area contributed by atoms with Crippen LogP contribution in [0.25, 0.3) is 5.78 Å². The molecule has 7 nitrogen and oxygen atoms in total. The van der Waals surface area contributed by atoms with Crippen LogP contribution in [-0.2, 0) is 6.54 Å². The van der Waals surface area contributed by atoms with Gasteiger partial charge < -0.3 is 0 Å². The number of carbonyl (C=O) groups is 1. The maximum atomic E-state index is 13.2. The first-order valence-corrected chi connectivity index (χ1v) is 9.39. The Balaban J connectivity index is 1.82. The molecule has 1 N–H and O–H groups in total. The van der Waals surface area contributed by atoms with Crippen LogP contribution in [0.3, 0.4) is 0 Å². The standard InChI is InChI=1S/C21H18ClN5O2/c1-13-14(2)23-20-24-21(25-27(20)18(13)28)26(12-15-8-10-17(22)11-9-15)19(29)16-6-4-3-5-7-16/h3-11H,12H2,1-2H3,(H,23,24,25). The largest absolute Gasteiger partial charge is 0.277 e. The molecule has 4 rings (SSSR count). The highest BCUT2D eigenvalue weighted by molar-refractivity contribution is 6.30. The molecule has 0 unspecified atom stereocenters. The predicted octanol–water partition coefficient (Wildman–Crippen LogP) is 3.53. The smallest absolute Gasteiger partial charge is 0.272 e. The van der Waals surface area contributed by atoms with Crippen molar-refractivity contribution in [3.05, 3.63) is 92.4 Å². The fourth-order valence-corrected chi connectivity index (χ4v) is 3.09. The molecule has 0 bridgehead atoms. The van der Waals surface area contributed by atoms with E-state index in [1.165, 1.54) is 9.42 Å². The van der Waals surface area contributed by atoms with Gasteiger partial charge in [-0.15, -0.1) is 0 Å². The number of hydrogen-bond acceptors (Lipinski definition) is 4. The Morgan fingerprint density at radius 1 is 1.07 bits per heavy atom. The second-order valence-corrected chi connectivity index (χ2v) is 7.13. The van der Waals surface area contributed by atoms with Gasteiger partial charge in [-0.05, 0) is 43.7 Å². The zero-order valence-corrected chi connectivity index (χ0v) is 16.6. The number of aromatic nitrogens is 4. The van der Waals surface area contributed by atoms with Crippen molar-refractivity contribution in [1.29, 1.82) is 0 Å². The van der Waals surface area contributed by atoms with E-state index in [1.807, 2.05) is 18.2 Å². The molecule has 1 amide bonds. The first kappa shape index (κ1) is 18.9. The van der Waals surface area contributed by atoms with Gasteiger partial charge in [0.05, 0.1) is 6.54 Å². The van der Waals surface area contributed by atoms with Gasteiger partial charge in [0.15, 0.2) is 0 Å². The Kier molecular flexibility index (Phi) is 4.90. The van der Waals surface area contributed by atoms with Crippen LogP contribution in [0.5, 0.6) is 0 Å². The lowest BCUT2D eigenvalue weighted by atomic mass is 10.1. The van der Waals surface area contributed by atoms with E-state index in [-0.39, 0.29) is 29.7 Å². The molecule has 2 heterocycles. The van der Waals surface area contributed by atoms with Crippen molar-refractivity contribution in [1.82, 2.24) is 19.6 Å². The molecule has 0 aliphatic heterocycles. The third-order valence-electron chi connectivity index (χ3n) is 4.73. The molecule has 0 spiro atoms. The van der Waals surface area contributed by atoms with Gasteiger partial charge in [-0.2, -0.15) is 9.50 Å². The number of rotatable bonds is 4. The molecule has 29 heavy (non-hydrogen) atoms. The van der Waals surface area contributed by atoms with Crippen LogP contribution in [0.1, 0.15) is 27.2 Å². The van der Waals surface area contributed by atoms with Crippen molar-refractivity contribution in [2.75, 3.05) is 4.90 Å². The zero-order chi connectivity index (χ0) is 20.5. The highest BCUT2D eigenvalue weighted by Crippen LogP contribution is 2.19. The average Bonchev–Trinajstić information content (AvgIpc) is 3.15. The van der Waals surface area contributed by atoms with Crippen LogP contribution >= 0.6 is 11.6 Å². The molecule has 0 aliphatic rings. The van der Waals surface area contributed by atoms with Gasteiger partial charge >= 0.3 is 0 Å². The summed E-state index contributed by atoms with van der Waals surface area (Å²) in [5.74, 6) is 0.208. The van der Waals surface area contributed by atoms with E-state index in [0.29, 0.717) is 21.8 Å². The highest BCUT2D eigenvalue weighted by atomic mass is 35.5. The zero-order valence-electron chi connectivity index (χ0n) is 15.9. The first-order valence-electron chi connectivity index (χ1n) is 9.01. The van der Waals surface area contributed by atoms with Gasteiger partial charge in [0.25, 0.3) is 17.2 Å². The number of aryl methyl sites for hydroxylation is 1. The summed E-state index contributed by atoms with van der Waals surface area (Å²) in [4.78, 5) is 36.0. The van der Waals surface area contributed by atoms with Crippen molar-refractivity contribution < 1.29 is 4.79 Å². The highest BCUT2D eigenvalue weighted by Gasteiger charge is 2.22. The third kappa shape index (κ3) is 3.64. The van der Waals surface area contributed by atoms with E-state index in [2.05, 4.69) is 15.1 Å². The first-order chi connectivity index (χ1) is 13.9. The van der Waals surface area contributed by atoms with Gasteiger partial charge in [0.2, 0.25) is 5.95 Å². The lowest BCUT2D eigenvalue weighted by Crippen LogP contribution is -2.31. The molecular weight excluding hydrogens is 390 g/mol. The Morgan fingerprint density at radius 2 is 1.76 bits per heavy atom. The second-order valence-electron chi connectivity index (χ2n) is 6.69. The number of nitrogens with zero attached hydrogens (tertiary/aromatic N) is 4. The lowest BCUT2D eigenvalue weighted by Gasteiger charge is -2.20. The van der Waals surface area contributed by atoms with Crippen molar-refractivity contribution >= 4 is 29.2 Å². The summed E-state index contributed by atoms with van der Waals surface area (Å²) in [6.45, 7) is 3.71. The molecule has 0 saturated heterocycles. The summed E-state index contributed by atoms with van der Waals surface area (Å²) in [6.07, 6.45) is 0. The number of amides is 1. The SMILES string of the molecule is Cc1nc2nc(N(Cc3ccc(Cl)cc3)C(=O)c3ccccc3)[nH]n2c(=O)c1C. The van der Waals surface area contributed by atoms with Crippen LogP contribution < -0.4 is 10.5 Å². The van der Waals surface area contributed by atoms with E-state index < -0.39 is 0 Å². The second kappa shape index (κ2) is 7.52. The summed E-state index contributed by atoms with van der Waals surface area (Å²) in [6, 6.07) is 16.1. The van der Waals surface area contributed by atoms with E-state index in [9.17, 15) is 9.59 Å². The van der Waals surface area contributed by atoms with Crippen molar-refractivity contribution in [2.45, 2.75) is 20.4 Å². The molecule has 4 aromatic rings. The van der Waals surface area contributed by atoms with Crippen LogP contribution in [0, 0.1) is 13.8 Å². The number of benzene rings is 2. The molecule has 2 aromatic heterocycles. The molecule has 0 atom stereocenters. The number of halogens is 1. The topological polar surface area (TPSA) is 83.4 Å². The molecule has 8 heteroatoms. The van der Waals surface area contributed by atoms with E-state index in [0.717, 1.165) is 5.56 Å². The van der Waals surface area contributed by atoms with Crippen LogP contribution in [0.2, 0.25) is 5.02 Å². The maximum absolute atomic E-state index is 13.2. The molecule has 0 fully saturated rings. The number of fused-ring (bicyclic) bond motifs is 1. The minimum Gasteiger partial charge on any atom is -0.272 e. The lowest BCUT2D eigenvalue weighted by molar-refractivity contribution is 0.0983. The van der Waals surface area contributed by atoms with Gasteiger partial charge in [-0.3, -0.25) is 19.6 Å². The fraction of sp³-hybridized carbons (Fsp3) is 0.143. The van der Waals surface area contributed by atoms with Crippen molar-refractivity contribution in [3.8, 4) is 0 Å². The normalized spacial score (nSPS) is 11.0. The monoisotopic (exact) mass is 407 g/mol. The minimum atomic E-state index is -0.249. The predicted molar refractivity (Wildman–Crippen MR) is 111 cm³/mol. The summed E-state index contributed by atoms with van der Waals surface area (Å²) < 4.78 is 1.25. The molecule has 0 aliphatic carbocycles. The Labute approximate surface area is 171 Å². The Hall–Kier alpha value is -3.45. The number of carbonyl (C=O) groups excluding carboxylic acids is 1. The minimum absolute atomic E-state index is 0.218. The van der Waals surface area contributed by atoms with E-state index >= 15 is 0 Å². The van der Waals surface area contributed by atoms with Gasteiger partial charge in [0, 0.05) is 21.8 Å². The summed E-state index contributed by atoms with van der Waals surface area (Å²) in [5, 5.41) is 3.54. The third-order valence-corrected chi connectivity index (χ3v) is 4.98. The average molecular weight is 408 g/mol. The quantitative estimate of drug-likeness (QED) is 0.561. The van der Waals surface area contributed by atoms with Crippen LogP contribution in [0.15, 0.2) is 59.4 Å². The van der Waals surface area contributed by atoms with E-state index in [1.54, 1.807) is 50.2 Å². The summed E-state index contributed by atoms with van der Waals surface area (Å²) >= 11 is 5.98. The van der Waals surface area contributed by atoms with Gasteiger partial charge in [-0.25, -0.2) is 4.98 Å². The molecular formula is C21H18ClN5O2. The fourth-order valence-electron chi connectivity index (χ4n) is 2.97. The number of anilines is 1. The maximum Gasteiger partial charge on any atom is 0.277 e. The number of H-pyrrole nitrogens is 1. The number of hydrogen-bond donors (Lipinski definition) is 1. The van der Waals surface area contributed by atoms with Gasteiger partial charge in [-0.1, -0.05) is 41.9 Å². The number of aromatic amines is 1. The van der Waals surface area contributed by atoms with Crippen molar-refractivity contribution in [2.24, 2.45) is 0 Å². The number of nitrogens with one attached hydrogen (secondary N) is 1. The summed E-state index contributed by atoms with van der Waals surface area (Å²) in [5.41, 5.74) is 2.26. The Morgan fingerprint density at radius 3 is 2.45 bits per heavy atom. The Bertz CT molecular complexity index is 1250. The molecule has 146 valence electrons.